The van der Waals surface area contributed by atoms with Crippen molar-refractivity contribution in [1.82, 2.24) is 10.3 Å². The highest BCUT2D eigenvalue weighted by molar-refractivity contribution is 7.17. The predicted molar refractivity (Wildman–Crippen MR) is 142 cm³/mol. The van der Waals surface area contributed by atoms with E-state index in [1.807, 2.05) is 36.4 Å². The SMILES string of the molecule is CCc1cccc(CNC[C@@H](OC(=O)c2ccc(-c3ccccn3)s2)[C@@H](N)Cc2cc(F)cc(F)c2)c1. The van der Waals surface area contributed by atoms with Crippen molar-refractivity contribution in [3.05, 3.63) is 112 Å². The summed E-state index contributed by atoms with van der Waals surface area (Å²) in [7, 11) is 0. The highest BCUT2D eigenvalue weighted by Gasteiger charge is 2.25. The summed E-state index contributed by atoms with van der Waals surface area (Å²) in [6, 6.07) is 19.9. The lowest BCUT2D eigenvalue weighted by Crippen LogP contribution is -2.45. The standard InChI is InChI=1S/C29H29F2N3O2S/c1-2-19-6-5-7-20(12-19)17-33-18-26(24(32)15-21-13-22(30)16-23(31)14-21)36-29(35)28-10-9-27(37-28)25-8-3-4-11-34-25/h3-14,16,24,26,33H,2,15,17-18,32H2,1H3/t24-,26+/m0/s1. The van der Waals surface area contributed by atoms with Gasteiger partial charge in [0.1, 0.15) is 22.6 Å². The van der Waals surface area contributed by atoms with Crippen LogP contribution in [0.3, 0.4) is 0 Å². The molecule has 5 nitrogen and oxygen atoms in total. The molecule has 0 saturated heterocycles. The van der Waals surface area contributed by atoms with Gasteiger partial charge in [-0.25, -0.2) is 13.6 Å². The van der Waals surface area contributed by atoms with E-state index in [1.54, 1.807) is 12.3 Å². The molecule has 8 heteroatoms. The monoisotopic (exact) mass is 521 g/mol. The Morgan fingerprint density at radius 1 is 1.00 bits per heavy atom. The Labute approximate surface area is 219 Å². The Kier molecular flexibility index (Phi) is 9.11. The van der Waals surface area contributed by atoms with Gasteiger partial charge in [0, 0.05) is 31.4 Å². The fourth-order valence-electron chi connectivity index (χ4n) is 4.02. The molecule has 2 atom stereocenters. The molecule has 0 aliphatic rings. The predicted octanol–water partition coefficient (Wildman–Crippen LogP) is 5.54. The highest BCUT2D eigenvalue weighted by atomic mass is 32.1. The first kappa shape index (κ1) is 26.6. The Hall–Kier alpha value is -3.46. The van der Waals surface area contributed by atoms with Gasteiger partial charge in [-0.05, 0) is 65.9 Å². The van der Waals surface area contributed by atoms with E-state index >= 15 is 0 Å². The Morgan fingerprint density at radius 3 is 2.51 bits per heavy atom. The molecule has 0 aliphatic heterocycles. The number of nitrogens with one attached hydrogen (secondary N) is 1. The van der Waals surface area contributed by atoms with E-state index in [4.69, 9.17) is 10.5 Å². The Balaban J connectivity index is 1.47. The van der Waals surface area contributed by atoms with Gasteiger partial charge in [0.2, 0.25) is 0 Å². The third kappa shape index (κ3) is 7.52. The van der Waals surface area contributed by atoms with Crippen molar-refractivity contribution in [2.45, 2.75) is 38.5 Å². The topological polar surface area (TPSA) is 77.2 Å². The number of pyridine rings is 1. The first-order valence-corrected chi connectivity index (χ1v) is 12.9. The van der Waals surface area contributed by atoms with Gasteiger partial charge in [-0.2, -0.15) is 0 Å². The molecule has 192 valence electrons. The Morgan fingerprint density at radius 2 is 1.78 bits per heavy atom. The maximum atomic E-state index is 13.7. The summed E-state index contributed by atoms with van der Waals surface area (Å²) in [6.07, 6.45) is 2.04. The zero-order valence-corrected chi connectivity index (χ0v) is 21.3. The van der Waals surface area contributed by atoms with Gasteiger partial charge in [0.05, 0.1) is 10.6 Å². The van der Waals surface area contributed by atoms with Gasteiger partial charge in [-0.15, -0.1) is 11.3 Å². The van der Waals surface area contributed by atoms with Crippen LogP contribution in [0.4, 0.5) is 8.78 Å². The van der Waals surface area contributed by atoms with Crippen molar-refractivity contribution >= 4 is 17.3 Å². The average molecular weight is 522 g/mol. The van der Waals surface area contributed by atoms with E-state index < -0.39 is 29.7 Å². The van der Waals surface area contributed by atoms with Gasteiger partial charge in [0.25, 0.3) is 0 Å². The molecule has 37 heavy (non-hydrogen) atoms. The summed E-state index contributed by atoms with van der Waals surface area (Å²) in [6.45, 7) is 2.94. The molecule has 4 aromatic rings. The van der Waals surface area contributed by atoms with E-state index in [0.29, 0.717) is 17.0 Å². The van der Waals surface area contributed by atoms with Crippen molar-refractivity contribution in [2.75, 3.05) is 6.54 Å². The second kappa shape index (κ2) is 12.7. The summed E-state index contributed by atoms with van der Waals surface area (Å²) < 4.78 is 33.3. The third-order valence-electron chi connectivity index (χ3n) is 5.93. The minimum absolute atomic E-state index is 0.142. The van der Waals surface area contributed by atoms with Crippen LogP contribution in [0.2, 0.25) is 0 Å². The first-order valence-electron chi connectivity index (χ1n) is 12.1. The zero-order chi connectivity index (χ0) is 26.2. The summed E-state index contributed by atoms with van der Waals surface area (Å²) >= 11 is 1.28. The van der Waals surface area contributed by atoms with E-state index in [9.17, 15) is 13.6 Å². The normalized spacial score (nSPS) is 12.8. The second-order valence-corrected chi connectivity index (χ2v) is 9.86. The average Bonchev–Trinajstić information content (AvgIpc) is 3.39. The number of rotatable bonds is 11. The van der Waals surface area contributed by atoms with Crippen molar-refractivity contribution in [1.29, 1.82) is 0 Å². The Bertz CT molecular complexity index is 1310. The first-order chi connectivity index (χ1) is 17.9. The van der Waals surface area contributed by atoms with Crippen molar-refractivity contribution < 1.29 is 18.3 Å². The van der Waals surface area contributed by atoms with Gasteiger partial charge in [-0.1, -0.05) is 37.3 Å². The maximum Gasteiger partial charge on any atom is 0.348 e. The number of hydrogen-bond donors (Lipinski definition) is 2. The van der Waals surface area contributed by atoms with Crippen molar-refractivity contribution in [3.63, 3.8) is 0 Å². The van der Waals surface area contributed by atoms with E-state index in [0.717, 1.165) is 28.6 Å². The number of nitrogens with two attached hydrogens (primary N) is 1. The number of aryl methyl sites for hydroxylation is 1. The number of thiophene rings is 1. The molecule has 0 spiro atoms. The fourth-order valence-corrected chi connectivity index (χ4v) is 4.89. The molecule has 2 aromatic heterocycles. The zero-order valence-electron chi connectivity index (χ0n) is 20.5. The van der Waals surface area contributed by atoms with Crippen LogP contribution in [0.25, 0.3) is 10.6 Å². The third-order valence-corrected chi connectivity index (χ3v) is 7.02. The molecule has 2 heterocycles. The van der Waals surface area contributed by atoms with Gasteiger partial charge in [0.15, 0.2) is 0 Å². The largest absolute Gasteiger partial charge is 0.455 e. The molecular weight excluding hydrogens is 492 g/mol. The molecule has 0 aliphatic carbocycles. The van der Waals surface area contributed by atoms with E-state index in [-0.39, 0.29) is 13.0 Å². The van der Waals surface area contributed by atoms with Crippen LogP contribution < -0.4 is 11.1 Å². The highest BCUT2D eigenvalue weighted by Crippen LogP contribution is 2.27. The smallest absolute Gasteiger partial charge is 0.348 e. The van der Waals surface area contributed by atoms with Crippen LogP contribution in [0.5, 0.6) is 0 Å². The number of ether oxygens (including phenoxy) is 1. The van der Waals surface area contributed by atoms with Crippen LogP contribution in [-0.4, -0.2) is 29.6 Å². The number of nitrogens with zero attached hydrogens (tertiary/aromatic N) is 1. The molecule has 0 bridgehead atoms. The minimum Gasteiger partial charge on any atom is -0.455 e. The lowest BCUT2D eigenvalue weighted by atomic mass is 10.0. The number of benzene rings is 2. The molecule has 3 N–H and O–H groups in total. The van der Waals surface area contributed by atoms with E-state index in [1.165, 1.54) is 29.0 Å². The molecule has 2 aromatic carbocycles. The number of carbonyl (C=O) groups is 1. The van der Waals surface area contributed by atoms with Gasteiger partial charge in [-0.3, -0.25) is 4.98 Å². The minimum atomic E-state index is -0.728. The molecule has 0 saturated carbocycles. The van der Waals surface area contributed by atoms with Crippen LogP contribution in [0, 0.1) is 11.6 Å². The maximum absolute atomic E-state index is 13.7. The summed E-state index contributed by atoms with van der Waals surface area (Å²) in [4.78, 5) is 18.6. The van der Waals surface area contributed by atoms with Crippen LogP contribution >= 0.6 is 11.3 Å². The summed E-state index contributed by atoms with van der Waals surface area (Å²) in [5, 5.41) is 3.32. The van der Waals surface area contributed by atoms with Crippen molar-refractivity contribution in [3.8, 4) is 10.6 Å². The molecule has 0 radical (unpaired) electrons. The molecule has 4 rings (SSSR count). The van der Waals surface area contributed by atoms with Gasteiger partial charge < -0.3 is 15.8 Å². The quantitative estimate of drug-likeness (QED) is 0.254. The number of esters is 1. The van der Waals surface area contributed by atoms with Crippen LogP contribution in [0.15, 0.2) is 79.0 Å². The fraction of sp³-hybridized carbons (Fsp3) is 0.241. The molecule has 0 amide bonds. The number of aromatic nitrogens is 1. The molecular formula is C29H29F2N3O2S. The lowest BCUT2D eigenvalue weighted by molar-refractivity contribution is 0.0244. The summed E-state index contributed by atoms with van der Waals surface area (Å²) in [5.74, 6) is -1.86. The second-order valence-electron chi connectivity index (χ2n) is 8.77. The molecule has 0 fully saturated rings. The van der Waals surface area contributed by atoms with Crippen LogP contribution in [0.1, 0.15) is 33.3 Å². The van der Waals surface area contributed by atoms with Crippen LogP contribution in [-0.2, 0) is 24.1 Å². The number of carbonyl (C=O) groups excluding carboxylic acids is 1. The lowest BCUT2D eigenvalue weighted by Gasteiger charge is -2.25. The van der Waals surface area contributed by atoms with E-state index in [2.05, 4.69) is 29.4 Å². The molecule has 0 unspecified atom stereocenters. The van der Waals surface area contributed by atoms with Gasteiger partial charge >= 0.3 is 5.97 Å². The number of halogens is 2. The number of hydrogen-bond acceptors (Lipinski definition) is 6. The summed E-state index contributed by atoms with van der Waals surface area (Å²) in [5.41, 5.74) is 9.93. The van der Waals surface area contributed by atoms with Crippen molar-refractivity contribution in [2.24, 2.45) is 5.73 Å².